The Bertz CT molecular complexity index is 1270. The number of pyridine rings is 1. The van der Waals surface area contributed by atoms with E-state index >= 15 is 0 Å². The maximum atomic E-state index is 12.5. The maximum absolute atomic E-state index is 12.5. The first-order chi connectivity index (χ1) is 15.2. The van der Waals surface area contributed by atoms with Crippen LogP contribution >= 0.6 is 0 Å². The summed E-state index contributed by atoms with van der Waals surface area (Å²) in [6.45, 7) is 0.176. The number of hydrogen-bond donors (Lipinski definition) is 1. The fourth-order valence-corrected chi connectivity index (χ4v) is 4.22. The lowest BCUT2D eigenvalue weighted by Crippen LogP contribution is -2.30. The zero-order chi connectivity index (χ0) is 21.2. The summed E-state index contributed by atoms with van der Waals surface area (Å²) in [6.07, 6.45) is 6.38. The van der Waals surface area contributed by atoms with Crippen molar-refractivity contribution in [3.05, 3.63) is 71.0 Å². The Morgan fingerprint density at radius 1 is 1.13 bits per heavy atom. The third-order valence-electron chi connectivity index (χ3n) is 5.73. The van der Waals surface area contributed by atoms with E-state index in [-0.39, 0.29) is 19.0 Å². The van der Waals surface area contributed by atoms with Crippen molar-refractivity contribution in [3.8, 4) is 11.4 Å². The minimum Gasteiger partial charge on any atom is -0.408 e. The number of benzene rings is 1. The van der Waals surface area contributed by atoms with E-state index in [4.69, 9.17) is 9.52 Å². The van der Waals surface area contributed by atoms with Gasteiger partial charge in [0.05, 0.1) is 35.2 Å². The monoisotopic (exact) mass is 417 g/mol. The third-order valence-corrected chi connectivity index (χ3v) is 5.73. The van der Waals surface area contributed by atoms with Gasteiger partial charge < -0.3 is 9.73 Å². The normalized spacial score (nSPS) is 14.3. The van der Waals surface area contributed by atoms with Crippen LogP contribution in [0.1, 0.15) is 37.4 Å². The lowest BCUT2D eigenvalue weighted by atomic mass is 10.2. The molecule has 3 heterocycles. The molecule has 5 rings (SSSR count). The molecule has 1 aromatic carbocycles. The van der Waals surface area contributed by atoms with Gasteiger partial charge in [0.15, 0.2) is 5.58 Å². The van der Waals surface area contributed by atoms with Gasteiger partial charge in [-0.05, 0) is 43.2 Å². The molecule has 4 aromatic rings. The number of aromatic nitrogens is 4. The number of nitrogens with one attached hydrogen (secondary N) is 1. The largest absolute Gasteiger partial charge is 0.420 e. The fraction of sp³-hybridized carbons (Fsp3) is 0.304. The average Bonchev–Trinajstić information content (AvgIpc) is 3.52. The van der Waals surface area contributed by atoms with Crippen LogP contribution in [0.3, 0.4) is 0 Å². The summed E-state index contributed by atoms with van der Waals surface area (Å²) < 4.78 is 8.59. The van der Waals surface area contributed by atoms with E-state index in [1.165, 1.54) is 17.4 Å². The quantitative estimate of drug-likeness (QED) is 0.519. The van der Waals surface area contributed by atoms with Gasteiger partial charge >= 0.3 is 5.76 Å². The highest BCUT2D eigenvalue weighted by atomic mass is 16.4. The van der Waals surface area contributed by atoms with Crippen molar-refractivity contribution in [1.29, 1.82) is 0 Å². The molecule has 0 spiro atoms. The molecule has 1 amide bonds. The highest BCUT2D eigenvalue weighted by molar-refractivity contribution is 5.79. The molecule has 158 valence electrons. The number of oxazole rings is 1. The highest BCUT2D eigenvalue weighted by Gasteiger charge is 2.22. The molecule has 0 radical (unpaired) electrons. The van der Waals surface area contributed by atoms with E-state index in [0.29, 0.717) is 17.1 Å². The maximum Gasteiger partial charge on any atom is 0.420 e. The van der Waals surface area contributed by atoms with Gasteiger partial charge in [0.1, 0.15) is 6.54 Å². The number of carbonyl (C=O) groups is 1. The van der Waals surface area contributed by atoms with Crippen LogP contribution in [-0.4, -0.2) is 25.2 Å². The molecular weight excluding hydrogens is 394 g/mol. The van der Waals surface area contributed by atoms with Crippen LogP contribution in [0.25, 0.3) is 22.5 Å². The first kappa shape index (κ1) is 19.3. The molecule has 1 fully saturated rings. The lowest BCUT2D eigenvalue weighted by molar-refractivity contribution is -0.121. The van der Waals surface area contributed by atoms with Crippen molar-refractivity contribution in [2.24, 2.45) is 0 Å². The van der Waals surface area contributed by atoms with Crippen molar-refractivity contribution in [2.75, 3.05) is 0 Å². The van der Waals surface area contributed by atoms with Crippen molar-refractivity contribution >= 4 is 17.0 Å². The van der Waals surface area contributed by atoms with Crippen LogP contribution in [0.4, 0.5) is 0 Å². The topological polar surface area (TPSA) is 95.0 Å². The Labute approximate surface area is 178 Å². The smallest absolute Gasteiger partial charge is 0.408 e. The predicted octanol–water partition coefficient (Wildman–Crippen LogP) is 3.28. The molecule has 1 aliphatic carbocycles. The molecule has 1 aliphatic rings. The van der Waals surface area contributed by atoms with Gasteiger partial charge in [-0.1, -0.05) is 31.0 Å². The summed E-state index contributed by atoms with van der Waals surface area (Å²) in [6, 6.07) is 15.2. The molecule has 0 saturated heterocycles. The minimum atomic E-state index is -0.542. The first-order valence-corrected chi connectivity index (χ1v) is 10.5. The fourth-order valence-electron chi connectivity index (χ4n) is 4.22. The van der Waals surface area contributed by atoms with Crippen molar-refractivity contribution in [2.45, 2.75) is 44.8 Å². The van der Waals surface area contributed by atoms with Crippen LogP contribution in [-0.2, 0) is 17.9 Å². The molecule has 3 aromatic heterocycles. The van der Waals surface area contributed by atoms with E-state index in [2.05, 4.69) is 15.0 Å². The second-order valence-corrected chi connectivity index (χ2v) is 7.82. The summed E-state index contributed by atoms with van der Waals surface area (Å²) >= 11 is 0. The summed E-state index contributed by atoms with van der Waals surface area (Å²) in [5.74, 6) is -0.817. The number of nitrogens with zero attached hydrogens (tertiary/aromatic N) is 4. The van der Waals surface area contributed by atoms with Gasteiger partial charge in [0.2, 0.25) is 5.91 Å². The summed E-state index contributed by atoms with van der Waals surface area (Å²) in [5.41, 5.74) is 3.68. The lowest BCUT2D eigenvalue weighted by Gasteiger charge is -2.13. The molecular formula is C23H23N5O3. The van der Waals surface area contributed by atoms with E-state index in [1.54, 1.807) is 30.5 Å². The molecule has 1 N–H and O–H groups in total. The van der Waals surface area contributed by atoms with Gasteiger partial charge in [0.25, 0.3) is 0 Å². The van der Waals surface area contributed by atoms with Gasteiger partial charge in [-0.2, -0.15) is 5.10 Å². The third kappa shape index (κ3) is 3.88. The van der Waals surface area contributed by atoms with Gasteiger partial charge in [0, 0.05) is 6.20 Å². The number of rotatable bonds is 6. The SMILES string of the molecule is O=C(Cn1c(=O)oc2ccccc21)NCc1cc(-c2ccccn2)n(C2CCCC2)n1. The Kier molecular flexibility index (Phi) is 5.11. The van der Waals surface area contributed by atoms with Crippen LogP contribution in [0, 0.1) is 0 Å². The number of amides is 1. The Hall–Kier alpha value is -3.68. The molecule has 0 atom stereocenters. The van der Waals surface area contributed by atoms with Crippen molar-refractivity contribution in [1.82, 2.24) is 24.6 Å². The van der Waals surface area contributed by atoms with E-state index in [1.807, 2.05) is 24.3 Å². The Morgan fingerprint density at radius 2 is 1.94 bits per heavy atom. The second-order valence-electron chi connectivity index (χ2n) is 7.82. The standard InChI is InChI=1S/C23H23N5O3/c29-22(15-27-19-10-3-4-11-21(19)31-23(27)30)25-14-16-13-20(18-9-5-6-12-24-18)28(26-16)17-7-1-2-8-17/h3-6,9-13,17H,1-2,7-8,14-15H2,(H,25,29). The minimum absolute atomic E-state index is 0.105. The Morgan fingerprint density at radius 3 is 2.74 bits per heavy atom. The molecule has 8 heteroatoms. The molecule has 0 unspecified atom stereocenters. The van der Waals surface area contributed by atoms with Gasteiger partial charge in [-0.15, -0.1) is 0 Å². The zero-order valence-electron chi connectivity index (χ0n) is 17.0. The van der Waals surface area contributed by atoms with Crippen molar-refractivity contribution in [3.63, 3.8) is 0 Å². The molecule has 0 bridgehead atoms. The highest BCUT2D eigenvalue weighted by Crippen LogP contribution is 2.33. The number of para-hydroxylation sites is 2. The summed E-state index contributed by atoms with van der Waals surface area (Å²) in [5, 5.41) is 7.66. The molecule has 1 saturated carbocycles. The number of fused-ring (bicyclic) bond motifs is 1. The van der Waals surface area contributed by atoms with Crippen molar-refractivity contribution < 1.29 is 9.21 Å². The zero-order valence-corrected chi connectivity index (χ0v) is 17.0. The average molecular weight is 417 g/mol. The number of hydrogen-bond acceptors (Lipinski definition) is 5. The van der Waals surface area contributed by atoms with Crippen LogP contribution in [0.5, 0.6) is 0 Å². The summed E-state index contributed by atoms with van der Waals surface area (Å²) in [7, 11) is 0. The van der Waals surface area contributed by atoms with E-state index in [9.17, 15) is 9.59 Å². The van der Waals surface area contributed by atoms with Gasteiger partial charge in [-0.25, -0.2) is 4.79 Å². The van der Waals surface area contributed by atoms with Crippen LogP contribution in [0.15, 0.2) is 63.9 Å². The van der Waals surface area contributed by atoms with Gasteiger partial charge in [-0.3, -0.25) is 19.0 Å². The summed E-state index contributed by atoms with van der Waals surface area (Å²) in [4.78, 5) is 29.1. The van der Waals surface area contributed by atoms with Crippen LogP contribution < -0.4 is 11.1 Å². The second kappa shape index (κ2) is 8.22. The Balaban J connectivity index is 1.33. The van der Waals surface area contributed by atoms with E-state index < -0.39 is 5.76 Å². The molecule has 31 heavy (non-hydrogen) atoms. The molecule has 8 nitrogen and oxygen atoms in total. The first-order valence-electron chi connectivity index (χ1n) is 10.5. The van der Waals surface area contributed by atoms with Crippen LogP contribution in [0.2, 0.25) is 0 Å². The number of carbonyl (C=O) groups excluding carboxylic acids is 1. The predicted molar refractivity (Wildman–Crippen MR) is 115 cm³/mol. The molecule has 0 aliphatic heterocycles. The van der Waals surface area contributed by atoms with E-state index in [0.717, 1.165) is 29.9 Å².